The molecule has 0 atom stereocenters. The predicted molar refractivity (Wildman–Crippen MR) is 65.2 cm³/mol. The van der Waals surface area contributed by atoms with Crippen LogP contribution in [-0.4, -0.2) is 16.2 Å². The lowest BCUT2D eigenvalue weighted by Crippen LogP contribution is -2.18. The van der Waals surface area contributed by atoms with Gasteiger partial charge in [0.1, 0.15) is 5.75 Å². The molecule has 2 aromatic rings. The second-order valence-corrected chi connectivity index (χ2v) is 3.59. The number of rotatable bonds is 4. The van der Waals surface area contributed by atoms with Gasteiger partial charge in [0.25, 0.3) is 5.56 Å². The summed E-state index contributed by atoms with van der Waals surface area (Å²) in [5.41, 5.74) is 0.810. The van der Waals surface area contributed by atoms with Crippen molar-refractivity contribution in [2.24, 2.45) is 0 Å². The molecule has 0 fully saturated rings. The molecule has 2 rings (SSSR count). The van der Waals surface area contributed by atoms with Crippen LogP contribution in [0.3, 0.4) is 0 Å². The summed E-state index contributed by atoms with van der Waals surface area (Å²) in [5.74, 6) is 0.747. The van der Waals surface area contributed by atoms with Crippen LogP contribution in [0.1, 0.15) is 12.6 Å². The number of hydrogen-bond acceptors (Lipinski definition) is 3. The van der Waals surface area contributed by atoms with Crippen molar-refractivity contribution in [1.29, 1.82) is 0 Å². The fourth-order valence-corrected chi connectivity index (χ4v) is 1.52. The Bertz CT molecular complexity index is 532. The van der Waals surface area contributed by atoms with Crippen LogP contribution < -0.4 is 10.3 Å². The Morgan fingerprint density at radius 1 is 1.29 bits per heavy atom. The highest BCUT2D eigenvalue weighted by molar-refractivity contribution is 5.20. The van der Waals surface area contributed by atoms with E-state index in [-0.39, 0.29) is 5.56 Å². The highest BCUT2D eigenvalue weighted by Gasteiger charge is 1.99. The molecule has 0 aliphatic rings. The Kier molecular flexibility index (Phi) is 3.55. The fraction of sp³-hybridized carbons (Fsp3) is 0.231. The largest absolute Gasteiger partial charge is 0.492 e. The topological polar surface area (TPSA) is 44.1 Å². The predicted octanol–water partition coefficient (Wildman–Crippen LogP) is 1.69. The fourth-order valence-electron chi connectivity index (χ4n) is 1.52. The van der Waals surface area contributed by atoms with E-state index < -0.39 is 0 Å². The number of nitrogens with zero attached hydrogens (tertiary/aromatic N) is 2. The Morgan fingerprint density at radius 2 is 2.18 bits per heavy atom. The van der Waals surface area contributed by atoms with E-state index in [2.05, 4.69) is 4.98 Å². The maximum atomic E-state index is 11.5. The highest BCUT2D eigenvalue weighted by Crippen LogP contribution is 2.09. The standard InChI is InChI=1S/C13H14N2O2/c1-2-17-12-7-6-11(14-9-12)10-15-8-4-3-5-13(15)16/h3-9H,2,10H2,1H3. The molecule has 0 N–H and O–H groups in total. The van der Waals surface area contributed by atoms with E-state index in [1.807, 2.05) is 25.1 Å². The molecule has 0 aliphatic carbocycles. The molecule has 0 aliphatic heterocycles. The van der Waals surface area contributed by atoms with Crippen LogP contribution in [0.5, 0.6) is 5.75 Å². The zero-order chi connectivity index (χ0) is 12.1. The van der Waals surface area contributed by atoms with E-state index >= 15 is 0 Å². The summed E-state index contributed by atoms with van der Waals surface area (Å²) in [6.45, 7) is 3.03. The Morgan fingerprint density at radius 3 is 2.82 bits per heavy atom. The Balaban J connectivity index is 2.14. The maximum absolute atomic E-state index is 11.5. The third-order valence-electron chi connectivity index (χ3n) is 2.34. The van der Waals surface area contributed by atoms with Crippen molar-refractivity contribution < 1.29 is 4.74 Å². The van der Waals surface area contributed by atoms with Crippen LogP contribution in [0.25, 0.3) is 0 Å². The van der Waals surface area contributed by atoms with E-state index in [0.29, 0.717) is 13.2 Å². The summed E-state index contributed by atoms with van der Waals surface area (Å²) in [6, 6.07) is 8.82. The van der Waals surface area contributed by atoms with E-state index in [1.165, 1.54) is 6.07 Å². The van der Waals surface area contributed by atoms with Gasteiger partial charge in [0.2, 0.25) is 0 Å². The molecule has 0 aromatic carbocycles. The molecule has 0 radical (unpaired) electrons. The van der Waals surface area contributed by atoms with Gasteiger partial charge < -0.3 is 9.30 Å². The second kappa shape index (κ2) is 5.30. The summed E-state index contributed by atoms with van der Waals surface area (Å²) in [6.07, 6.45) is 3.42. The van der Waals surface area contributed by atoms with Crippen LogP contribution in [0.2, 0.25) is 0 Å². The number of hydrogen-bond donors (Lipinski definition) is 0. The average molecular weight is 230 g/mol. The summed E-state index contributed by atoms with van der Waals surface area (Å²) in [7, 11) is 0. The van der Waals surface area contributed by atoms with Crippen molar-refractivity contribution in [3.63, 3.8) is 0 Å². The third-order valence-corrected chi connectivity index (χ3v) is 2.34. The number of aromatic nitrogens is 2. The smallest absolute Gasteiger partial charge is 0.250 e. The third kappa shape index (κ3) is 2.93. The van der Waals surface area contributed by atoms with E-state index in [1.54, 1.807) is 23.0 Å². The van der Waals surface area contributed by atoms with E-state index in [0.717, 1.165) is 11.4 Å². The van der Waals surface area contributed by atoms with Gasteiger partial charge in [0.05, 0.1) is 25.0 Å². The zero-order valence-corrected chi connectivity index (χ0v) is 9.67. The van der Waals surface area contributed by atoms with E-state index in [9.17, 15) is 4.79 Å². The summed E-state index contributed by atoms with van der Waals surface area (Å²) >= 11 is 0. The van der Waals surface area contributed by atoms with Gasteiger partial charge in [-0.1, -0.05) is 6.07 Å². The lowest BCUT2D eigenvalue weighted by molar-refractivity contribution is 0.338. The van der Waals surface area contributed by atoms with Gasteiger partial charge in [-0.25, -0.2) is 0 Å². The van der Waals surface area contributed by atoms with Gasteiger partial charge in [0.15, 0.2) is 0 Å². The van der Waals surface area contributed by atoms with Crippen LogP contribution in [0.4, 0.5) is 0 Å². The van der Waals surface area contributed by atoms with Crippen molar-refractivity contribution in [2.75, 3.05) is 6.61 Å². The van der Waals surface area contributed by atoms with Crippen LogP contribution in [0, 0.1) is 0 Å². The minimum atomic E-state index is -0.0248. The molecular weight excluding hydrogens is 216 g/mol. The molecule has 0 bridgehead atoms. The lowest BCUT2D eigenvalue weighted by Gasteiger charge is -2.06. The first-order valence-corrected chi connectivity index (χ1v) is 5.53. The number of pyridine rings is 2. The molecule has 88 valence electrons. The SMILES string of the molecule is CCOc1ccc(Cn2ccccc2=O)nc1. The molecule has 0 saturated heterocycles. The quantitative estimate of drug-likeness (QED) is 0.802. The first-order valence-electron chi connectivity index (χ1n) is 5.53. The van der Waals surface area contributed by atoms with Gasteiger partial charge in [0, 0.05) is 12.3 Å². The second-order valence-electron chi connectivity index (χ2n) is 3.59. The van der Waals surface area contributed by atoms with Gasteiger partial charge in [-0.2, -0.15) is 0 Å². The number of ether oxygens (including phenoxy) is 1. The Hall–Kier alpha value is -2.10. The molecule has 0 saturated carbocycles. The van der Waals surface area contributed by atoms with E-state index in [4.69, 9.17) is 4.74 Å². The lowest BCUT2D eigenvalue weighted by atomic mass is 10.3. The van der Waals surface area contributed by atoms with Crippen molar-refractivity contribution in [3.05, 3.63) is 58.8 Å². The molecule has 4 heteroatoms. The maximum Gasteiger partial charge on any atom is 0.250 e. The summed E-state index contributed by atoms with van der Waals surface area (Å²) in [5, 5.41) is 0. The first-order chi connectivity index (χ1) is 8.29. The van der Waals surface area contributed by atoms with Crippen molar-refractivity contribution in [1.82, 2.24) is 9.55 Å². The molecule has 0 unspecified atom stereocenters. The molecule has 4 nitrogen and oxygen atoms in total. The zero-order valence-electron chi connectivity index (χ0n) is 9.67. The first kappa shape index (κ1) is 11.4. The van der Waals surface area contributed by atoms with Crippen molar-refractivity contribution >= 4 is 0 Å². The molecule has 0 spiro atoms. The Labute approximate surface area is 99.5 Å². The minimum absolute atomic E-state index is 0.0248. The van der Waals surface area contributed by atoms with Crippen LogP contribution in [0.15, 0.2) is 47.5 Å². The van der Waals surface area contributed by atoms with Gasteiger partial charge in [-0.3, -0.25) is 9.78 Å². The normalized spacial score (nSPS) is 10.2. The molecule has 2 heterocycles. The highest BCUT2D eigenvalue weighted by atomic mass is 16.5. The van der Waals surface area contributed by atoms with Gasteiger partial charge >= 0.3 is 0 Å². The van der Waals surface area contributed by atoms with Gasteiger partial charge in [-0.05, 0) is 25.1 Å². The van der Waals surface area contributed by atoms with Crippen LogP contribution in [-0.2, 0) is 6.54 Å². The van der Waals surface area contributed by atoms with Gasteiger partial charge in [-0.15, -0.1) is 0 Å². The van der Waals surface area contributed by atoms with Crippen molar-refractivity contribution in [3.8, 4) is 5.75 Å². The molecule has 17 heavy (non-hydrogen) atoms. The molecule has 0 amide bonds. The van der Waals surface area contributed by atoms with Crippen LogP contribution >= 0.6 is 0 Å². The average Bonchev–Trinajstić information content (AvgIpc) is 2.35. The molecular formula is C13H14N2O2. The van der Waals surface area contributed by atoms with Crippen molar-refractivity contribution in [2.45, 2.75) is 13.5 Å². The summed E-state index contributed by atoms with van der Waals surface area (Å²) < 4.78 is 6.92. The summed E-state index contributed by atoms with van der Waals surface area (Å²) in [4.78, 5) is 15.8. The minimum Gasteiger partial charge on any atom is -0.492 e. The molecule has 2 aromatic heterocycles. The monoisotopic (exact) mass is 230 g/mol.